The maximum atomic E-state index is 13.6. The smallest absolute Gasteiger partial charge is 0.260 e. The number of H-pyrrole nitrogens is 1. The number of aromatic amines is 1. The van der Waals surface area contributed by atoms with Gasteiger partial charge >= 0.3 is 0 Å². The van der Waals surface area contributed by atoms with Crippen molar-refractivity contribution in [3.05, 3.63) is 82.8 Å². The van der Waals surface area contributed by atoms with E-state index in [1.807, 2.05) is 36.9 Å². The normalized spacial score (nSPS) is 11.5. The van der Waals surface area contributed by atoms with Crippen LogP contribution < -0.4 is 10.9 Å². The summed E-state index contributed by atoms with van der Waals surface area (Å²) in [5.74, 6) is -0.796. The van der Waals surface area contributed by atoms with Crippen molar-refractivity contribution in [2.75, 3.05) is 5.32 Å². The molecule has 3 aromatic heterocycles. The molecule has 2 N–H and O–H groups in total. The van der Waals surface area contributed by atoms with Crippen LogP contribution in [0.1, 0.15) is 25.7 Å². The van der Waals surface area contributed by atoms with Crippen LogP contribution in [0.15, 0.2) is 59.8 Å². The third-order valence-corrected chi connectivity index (χ3v) is 5.66. The highest BCUT2D eigenvalue weighted by atomic mass is 19.1. The molecule has 0 radical (unpaired) electrons. The molecule has 0 unspecified atom stereocenters. The molecule has 0 aliphatic carbocycles. The number of nitrogens with zero attached hydrogens (tertiary/aromatic N) is 5. The molecule has 0 amide bonds. The SMILES string of the molecule is CC(C)n1ccc(-c2nc(CNc3cc(F)cc(F)c3)[nH]c2-c2ccc3ncn(C)c(=O)c3c2)n1. The number of aromatic nitrogens is 6. The number of anilines is 1. The molecule has 0 atom stereocenters. The summed E-state index contributed by atoms with van der Waals surface area (Å²) >= 11 is 0. The lowest BCUT2D eigenvalue weighted by atomic mass is 10.1. The zero-order chi connectivity index (χ0) is 24.7. The standard InChI is InChI=1S/C25H23F2N7O/c1-14(2)34-7-6-21(32-34)24-23(15-4-5-20-19(8-15)25(35)33(3)13-29-20)30-22(31-24)12-28-18-10-16(26)9-17(27)11-18/h4-11,13-14,28H,12H2,1-3H3,(H,30,31). The number of aryl methyl sites for hydroxylation is 1. The van der Waals surface area contributed by atoms with Gasteiger partial charge in [0.05, 0.1) is 29.5 Å². The monoisotopic (exact) mass is 475 g/mol. The summed E-state index contributed by atoms with van der Waals surface area (Å²) in [7, 11) is 1.65. The molecular weight excluding hydrogens is 452 g/mol. The van der Waals surface area contributed by atoms with E-state index in [1.165, 1.54) is 23.0 Å². The van der Waals surface area contributed by atoms with Crippen LogP contribution >= 0.6 is 0 Å². The third-order valence-electron chi connectivity index (χ3n) is 5.66. The summed E-state index contributed by atoms with van der Waals surface area (Å²) in [5, 5.41) is 8.13. The number of hydrogen-bond donors (Lipinski definition) is 2. The Hall–Kier alpha value is -4.34. The van der Waals surface area contributed by atoms with Crippen molar-refractivity contribution in [2.24, 2.45) is 7.05 Å². The molecule has 35 heavy (non-hydrogen) atoms. The average Bonchev–Trinajstić information content (AvgIpc) is 3.47. The summed E-state index contributed by atoms with van der Waals surface area (Å²) in [6.45, 7) is 4.25. The van der Waals surface area contributed by atoms with Crippen LogP contribution in [0.2, 0.25) is 0 Å². The van der Waals surface area contributed by atoms with Crippen molar-refractivity contribution in [1.29, 1.82) is 0 Å². The van der Waals surface area contributed by atoms with Crippen molar-refractivity contribution in [1.82, 2.24) is 29.3 Å². The first-order chi connectivity index (χ1) is 16.8. The van der Waals surface area contributed by atoms with Crippen LogP contribution in [-0.2, 0) is 13.6 Å². The molecule has 8 nitrogen and oxygen atoms in total. The Morgan fingerprint density at radius 1 is 1.09 bits per heavy atom. The fourth-order valence-electron chi connectivity index (χ4n) is 3.86. The zero-order valence-electron chi connectivity index (χ0n) is 19.4. The minimum Gasteiger partial charge on any atom is -0.378 e. The lowest BCUT2D eigenvalue weighted by Crippen LogP contribution is -2.16. The summed E-state index contributed by atoms with van der Waals surface area (Å²) in [6, 6.07) is 10.7. The van der Waals surface area contributed by atoms with Crippen LogP contribution in [0.3, 0.4) is 0 Å². The summed E-state index contributed by atoms with van der Waals surface area (Å²) in [5.41, 5.74) is 3.42. The van der Waals surface area contributed by atoms with Crippen molar-refractivity contribution < 1.29 is 8.78 Å². The molecule has 178 valence electrons. The van der Waals surface area contributed by atoms with Gasteiger partial charge in [-0.15, -0.1) is 0 Å². The Kier molecular flexibility index (Phi) is 5.64. The van der Waals surface area contributed by atoms with Gasteiger partial charge in [0.2, 0.25) is 0 Å². The molecule has 3 heterocycles. The maximum Gasteiger partial charge on any atom is 0.260 e. The number of imidazole rings is 1. The second-order valence-corrected chi connectivity index (χ2v) is 8.59. The number of nitrogens with one attached hydrogen (secondary N) is 2. The average molecular weight is 476 g/mol. The molecule has 5 rings (SSSR count). The Morgan fingerprint density at radius 2 is 1.86 bits per heavy atom. The Bertz CT molecular complexity index is 1580. The van der Waals surface area contributed by atoms with Gasteiger partial charge in [0.25, 0.3) is 5.56 Å². The number of fused-ring (bicyclic) bond motifs is 1. The van der Waals surface area contributed by atoms with E-state index in [0.717, 1.165) is 11.6 Å². The fraction of sp³-hybridized carbons (Fsp3) is 0.200. The molecule has 2 aromatic carbocycles. The van der Waals surface area contributed by atoms with Crippen molar-refractivity contribution in [3.8, 4) is 22.6 Å². The molecule has 0 saturated carbocycles. The minimum absolute atomic E-state index is 0.156. The van der Waals surface area contributed by atoms with Gasteiger partial charge in [0.1, 0.15) is 28.8 Å². The number of benzene rings is 2. The van der Waals surface area contributed by atoms with E-state index < -0.39 is 11.6 Å². The third kappa shape index (κ3) is 4.42. The van der Waals surface area contributed by atoms with Gasteiger partial charge in [-0.05, 0) is 44.2 Å². The Labute approximate surface area is 199 Å². The number of halogens is 2. The second-order valence-electron chi connectivity index (χ2n) is 8.59. The second kappa shape index (κ2) is 8.79. The molecule has 0 fully saturated rings. The van der Waals surface area contributed by atoms with Crippen molar-refractivity contribution in [2.45, 2.75) is 26.4 Å². The van der Waals surface area contributed by atoms with Gasteiger partial charge in [0, 0.05) is 36.6 Å². The van der Waals surface area contributed by atoms with E-state index >= 15 is 0 Å². The van der Waals surface area contributed by atoms with Crippen LogP contribution in [0.4, 0.5) is 14.5 Å². The lowest BCUT2D eigenvalue weighted by molar-refractivity contribution is 0.534. The molecule has 10 heteroatoms. The first kappa shape index (κ1) is 22.5. The summed E-state index contributed by atoms with van der Waals surface area (Å²) < 4.78 is 30.4. The summed E-state index contributed by atoms with van der Waals surface area (Å²) in [6.07, 6.45) is 3.37. The van der Waals surface area contributed by atoms with Gasteiger partial charge in [0.15, 0.2) is 0 Å². The first-order valence-corrected chi connectivity index (χ1v) is 11.1. The highest BCUT2D eigenvalue weighted by Crippen LogP contribution is 2.31. The highest BCUT2D eigenvalue weighted by Gasteiger charge is 2.18. The largest absolute Gasteiger partial charge is 0.378 e. The topological polar surface area (TPSA) is 93.4 Å². The highest BCUT2D eigenvalue weighted by molar-refractivity contribution is 5.86. The van der Waals surface area contributed by atoms with Crippen LogP contribution in [0, 0.1) is 11.6 Å². The van der Waals surface area contributed by atoms with Gasteiger partial charge in [-0.1, -0.05) is 6.07 Å². The molecule has 0 aliphatic rings. The van der Waals surface area contributed by atoms with E-state index in [1.54, 1.807) is 19.2 Å². The van der Waals surface area contributed by atoms with E-state index in [9.17, 15) is 13.6 Å². The minimum atomic E-state index is -0.668. The predicted molar refractivity (Wildman–Crippen MR) is 130 cm³/mol. The quantitative estimate of drug-likeness (QED) is 0.373. The van der Waals surface area contributed by atoms with E-state index in [2.05, 4.69) is 20.4 Å². The Morgan fingerprint density at radius 3 is 2.57 bits per heavy atom. The zero-order valence-corrected chi connectivity index (χ0v) is 19.4. The molecule has 0 spiro atoms. The molecular formula is C25H23F2N7O. The van der Waals surface area contributed by atoms with Gasteiger partial charge in [-0.25, -0.2) is 18.7 Å². The molecule has 0 saturated heterocycles. The summed E-state index contributed by atoms with van der Waals surface area (Å²) in [4.78, 5) is 25.0. The van der Waals surface area contributed by atoms with Crippen LogP contribution in [-0.4, -0.2) is 29.3 Å². The predicted octanol–water partition coefficient (Wildman–Crippen LogP) is 4.66. The van der Waals surface area contributed by atoms with Gasteiger partial charge in [-0.2, -0.15) is 5.10 Å². The van der Waals surface area contributed by atoms with E-state index in [4.69, 9.17) is 4.98 Å². The van der Waals surface area contributed by atoms with Crippen LogP contribution in [0.5, 0.6) is 0 Å². The fourth-order valence-corrected chi connectivity index (χ4v) is 3.86. The van der Waals surface area contributed by atoms with Crippen molar-refractivity contribution >= 4 is 16.6 Å². The molecule has 5 aromatic rings. The molecule has 0 bridgehead atoms. The maximum absolute atomic E-state index is 13.6. The van der Waals surface area contributed by atoms with Gasteiger partial charge < -0.3 is 14.9 Å². The van der Waals surface area contributed by atoms with E-state index in [0.29, 0.717) is 39.5 Å². The first-order valence-electron chi connectivity index (χ1n) is 11.1. The van der Waals surface area contributed by atoms with Crippen LogP contribution in [0.25, 0.3) is 33.5 Å². The number of rotatable bonds is 6. The van der Waals surface area contributed by atoms with Gasteiger partial charge in [-0.3, -0.25) is 9.48 Å². The number of hydrogen-bond acceptors (Lipinski definition) is 5. The molecule has 0 aliphatic heterocycles. The lowest BCUT2D eigenvalue weighted by Gasteiger charge is -2.06. The van der Waals surface area contributed by atoms with E-state index in [-0.39, 0.29) is 18.1 Å². The van der Waals surface area contributed by atoms with Crippen molar-refractivity contribution in [3.63, 3.8) is 0 Å². The Balaban J connectivity index is 1.58.